The Morgan fingerprint density at radius 2 is 1.77 bits per heavy atom. The molecule has 1 aliphatic heterocycles. The van der Waals surface area contributed by atoms with Crippen LogP contribution in [0, 0.1) is 6.92 Å². The minimum Gasteiger partial charge on any atom is -0.444 e. The first kappa shape index (κ1) is 36.7. The molecule has 0 aliphatic carbocycles. The number of nitrogens with one attached hydrogen (secondary N) is 1. The van der Waals surface area contributed by atoms with Crippen LogP contribution in [0.15, 0.2) is 60.9 Å². The summed E-state index contributed by atoms with van der Waals surface area (Å²) in [5.74, 6) is 0.310. The normalized spacial score (nSPS) is 14.9. The number of hydrogen-bond donors (Lipinski definition) is 1. The smallest absolute Gasteiger partial charge is 0.410 e. The van der Waals surface area contributed by atoms with Crippen molar-refractivity contribution in [2.75, 3.05) is 33.8 Å². The Hall–Kier alpha value is -5.07. The molecule has 2 amide bonds. The molecular weight excluding hydrogens is 656 g/mol. The lowest BCUT2D eigenvalue weighted by molar-refractivity contribution is -0.0365. The van der Waals surface area contributed by atoms with Gasteiger partial charge in [-0.3, -0.25) is 14.8 Å². The highest BCUT2D eigenvalue weighted by Gasteiger charge is 2.29. The molecule has 0 spiro atoms. The highest BCUT2D eigenvalue weighted by atomic mass is 16.6. The number of fused-ring (bicyclic) bond motifs is 1. The van der Waals surface area contributed by atoms with E-state index in [2.05, 4.69) is 35.1 Å². The molecule has 0 radical (unpaired) electrons. The predicted molar refractivity (Wildman–Crippen MR) is 202 cm³/mol. The van der Waals surface area contributed by atoms with Crippen LogP contribution in [-0.2, 0) is 16.0 Å². The van der Waals surface area contributed by atoms with E-state index in [1.54, 1.807) is 14.9 Å². The van der Waals surface area contributed by atoms with Gasteiger partial charge in [-0.2, -0.15) is 5.10 Å². The average Bonchev–Trinajstić information content (AvgIpc) is 3.73. The number of amides is 2. The second-order valence-electron chi connectivity index (χ2n) is 14.4. The summed E-state index contributed by atoms with van der Waals surface area (Å²) < 4.78 is 13.9. The summed E-state index contributed by atoms with van der Waals surface area (Å²) in [6.45, 7) is 13.6. The van der Waals surface area contributed by atoms with E-state index >= 15 is 0 Å². The highest BCUT2D eigenvalue weighted by molar-refractivity contribution is 6.00. The molecule has 1 aliphatic rings. The Labute approximate surface area is 305 Å². The third-order valence-electron chi connectivity index (χ3n) is 9.37. The molecule has 274 valence electrons. The molecule has 0 bridgehead atoms. The van der Waals surface area contributed by atoms with Crippen LogP contribution in [-0.4, -0.2) is 91.0 Å². The van der Waals surface area contributed by atoms with Gasteiger partial charge in [0, 0.05) is 62.7 Å². The van der Waals surface area contributed by atoms with E-state index in [0.717, 1.165) is 58.0 Å². The molecule has 1 unspecified atom stereocenters. The Morgan fingerprint density at radius 1 is 1.00 bits per heavy atom. The molecule has 4 heterocycles. The Balaban J connectivity index is 1.48. The van der Waals surface area contributed by atoms with Gasteiger partial charge in [-0.1, -0.05) is 36.4 Å². The summed E-state index contributed by atoms with van der Waals surface area (Å²) in [5.41, 5.74) is 6.55. The van der Waals surface area contributed by atoms with Gasteiger partial charge in [0.25, 0.3) is 5.91 Å². The van der Waals surface area contributed by atoms with Crippen molar-refractivity contribution < 1.29 is 19.1 Å². The summed E-state index contributed by atoms with van der Waals surface area (Å²) in [4.78, 5) is 41.8. The van der Waals surface area contributed by atoms with E-state index in [9.17, 15) is 9.59 Å². The molecule has 0 saturated carbocycles. The molecule has 1 atom stereocenters. The number of hydrogen-bond acceptors (Lipinski definition) is 8. The number of pyridine rings is 1. The average molecular weight is 707 g/mol. The number of carbonyl (C=O) groups is 2. The molecule has 52 heavy (non-hydrogen) atoms. The molecule has 3 aromatic heterocycles. The van der Waals surface area contributed by atoms with Crippen LogP contribution in [0.5, 0.6) is 0 Å². The topological polar surface area (TPSA) is 122 Å². The van der Waals surface area contributed by atoms with Crippen LogP contribution in [0.1, 0.15) is 81.7 Å². The zero-order valence-corrected chi connectivity index (χ0v) is 31.6. The van der Waals surface area contributed by atoms with E-state index in [-0.39, 0.29) is 18.2 Å². The van der Waals surface area contributed by atoms with Gasteiger partial charge < -0.3 is 19.4 Å². The zero-order chi connectivity index (χ0) is 37.2. The summed E-state index contributed by atoms with van der Waals surface area (Å²) >= 11 is 0. The van der Waals surface area contributed by atoms with Crippen LogP contribution >= 0.6 is 0 Å². The number of aromatic amines is 1. The van der Waals surface area contributed by atoms with Crippen molar-refractivity contribution in [3.05, 3.63) is 77.7 Å². The fourth-order valence-electron chi connectivity index (χ4n) is 6.66. The van der Waals surface area contributed by atoms with Gasteiger partial charge >= 0.3 is 6.09 Å². The monoisotopic (exact) mass is 706 g/mol. The van der Waals surface area contributed by atoms with Crippen LogP contribution in [0.25, 0.3) is 44.8 Å². The van der Waals surface area contributed by atoms with Crippen molar-refractivity contribution in [1.82, 2.24) is 39.7 Å². The summed E-state index contributed by atoms with van der Waals surface area (Å²) in [6, 6.07) is 16.0. The van der Waals surface area contributed by atoms with Crippen LogP contribution in [0.2, 0.25) is 0 Å². The second kappa shape index (κ2) is 15.3. The molecule has 6 rings (SSSR count). The minimum absolute atomic E-state index is 0.184. The lowest BCUT2D eigenvalue weighted by Crippen LogP contribution is -2.42. The lowest BCUT2D eigenvalue weighted by Gasteiger charge is -2.27. The standard InChI is InChI=1S/C40H50N8O4/c1-9-46(39(50)52-40(4,5)6)25-29-23-41-24-31(26(29)3)28-19-20-32-30(22-28)35(44-48(32)33-18-14-15-21-51-33)37-42-34(27-16-12-11-13-17-27)36(43-37)38(49)47(10-2)45(7)8/h11-13,16-17,19-20,22-24,33H,9-10,14-15,18,21,25H2,1-8H3,(H,42,43). The van der Waals surface area contributed by atoms with Crippen molar-refractivity contribution in [2.45, 2.75) is 79.2 Å². The molecule has 2 aromatic carbocycles. The van der Waals surface area contributed by atoms with E-state index in [1.807, 2.05) is 96.1 Å². The maximum Gasteiger partial charge on any atom is 0.410 e. The number of imidazole rings is 1. The molecule has 12 nitrogen and oxygen atoms in total. The fraction of sp³-hybridized carbons (Fsp3) is 0.425. The predicted octanol–water partition coefficient (Wildman–Crippen LogP) is 7.86. The number of carbonyl (C=O) groups excluding carboxylic acids is 2. The first-order valence-corrected chi connectivity index (χ1v) is 18.1. The zero-order valence-electron chi connectivity index (χ0n) is 31.6. The SMILES string of the molecule is CCN(Cc1cncc(-c2ccc3c(c2)c(-c2nc(-c4ccccc4)c(C(=O)N(CC)N(C)C)[nH]2)nn3C2CCCCO2)c1C)C(=O)OC(C)(C)C. The number of hydrazine groups is 1. The highest BCUT2D eigenvalue weighted by Crippen LogP contribution is 2.37. The molecular formula is C40H50N8O4. The minimum atomic E-state index is -0.592. The molecule has 1 fully saturated rings. The van der Waals surface area contributed by atoms with Gasteiger partial charge in [0.15, 0.2) is 12.1 Å². The van der Waals surface area contributed by atoms with Gasteiger partial charge in [-0.15, -0.1) is 0 Å². The quantitative estimate of drug-likeness (QED) is 0.146. The van der Waals surface area contributed by atoms with E-state index < -0.39 is 5.60 Å². The largest absolute Gasteiger partial charge is 0.444 e. The molecule has 5 aromatic rings. The van der Waals surface area contributed by atoms with E-state index in [0.29, 0.717) is 49.1 Å². The van der Waals surface area contributed by atoms with Gasteiger partial charge in [-0.05, 0) is 89.6 Å². The number of H-pyrrole nitrogens is 1. The Bertz CT molecular complexity index is 2040. The molecule has 1 saturated heterocycles. The van der Waals surface area contributed by atoms with Crippen LogP contribution in [0.3, 0.4) is 0 Å². The van der Waals surface area contributed by atoms with Crippen molar-refractivity contribution in [3.8, 4) is 33.9 Å². The van der Waals surface area contributed by atoms with Crippen molar-refractivity contribution in [3.63, 3.8) is 0 Å². The third-order valence-corrected chi connectivity index (χ3v) is 9.37. The Kier molecular flexibility index (Phi) is 10.8. The van der Waals surface area contributed by atoms with Crippen LogP contribution in [0.4, 0.5) is 4.79 Å². The molecule has 12 heteroatoms. The lowest BCUT2D eigenvalue weighted by atomic mass is 9.97. The number of ether oxygens (including phenoxy) is 2. The summed E-state index contributed by atoms with van der Waals surface area (Å²) in [7, 11) is 3.70. The first-order chi connectivity index (χ1) is 24.9. The Morgan fingerprint density at radius 3 is 2.42 bits per heavy atom. The van der Waals surface area contributed by atoms with Gasteiger partial charge in [0.2, 0.25) is 0 Å². The maximum atomic E-state index is 14.0. The van der Waals surface area contributed by atoms with Crippen molar-refractivity contribution in [2.24, 2.45) is 0 Å². The van der Waals surface area contributed by atoms with Crippen molar-refractivity contribution >= 4 is 22.9 Å². The van der Waals surface area contributed by atoms with E-state index in [1.165, 1.54) is 0 Å². The number of rotatable bonds is 10. The number of nitrogens with zero attached hydrogens (tertiary/aromatic N) is 7. The fourth-order valence-corrected chi connectivity index (χ4v) is 6.66. The number of benzene rings is 2. The van der Waals surface area contributed by atoms with Crippen LogP contribution < -0.4 is 0 Å². The number of aromatic nitrogens is 5. The van der Waals surface area contributed by atoms with E-state index in [4.69, 9.17) is 19.6 Å². The van der Waals surface area contributed by atoms with Gasteiger partial charge in [0.1, 0.15) is 22.7 Å². The summed E-state index contributed by atoms with van der Waals surface area (Å²) in [5, 5.41) is 9.47. The second-order valence-corrected chi connectivity index (χ2v) is 14.4. The third kappa shape index (κ3) is 7.58. The van der Waals surface area contributed by atoms with Crippen molar-refractivity contribution in [1.29, 1.82) is 0 Å². The maximum absolute atomic E-state index is 14.0. The van der Waals surface area contributed by atoms with Gasteiger partial charge in [-0.25, -0.2) is 19.5 Å². The first-order valence-electron chi connectivity index (χ1n) is 18.1. The van der Waals surface area contributed by atoms with Gasteiger partial charge in [0.05, 0.1) is 12.1 Å². The summed E-state index contributed by atoms with van der Waals surface area (Å²) in [6.07, 6.45) is 6.00. The molecule has 1 N–H and O–H groups in total.